The summed E-state index contributed by atoms with van der Waals surface area (Å²) >= 11 is 0. The minimum absolute atomic E-state index is 0. The van der Waals surface area contributed by atoms with Crippen LogP contribution in [0.2, 0.25) is 0 Å². The van der Waals surface area contributed by atoms with Crippen molar-refractivity contribution in [2.75, 3.05) is 0 Å². The molecule has 0 aromatic rings. The summed E-state index contributed by atoms with van der Waals surface area (Å²) in [6.07, 6.45) is 0. The molecule has 0 saturated carbocycles. The predicted octanol–water partition coefficient (Wildman–Crippen LogP) is -2.84. The van der Waals surface area contributed by atoms with Crippen molar-refractivity contribution in [3.63, 3.8) is 0 Å². The second kappa shape index (κ2) is 27.3. The van der Waals surface area contributed by atoms with Crippen LogP contribution in [0.1, 0.15) is 0 Å². The Kier molecular flexibility index (Phi) is 388. The molecule has 0 aliphatic heterocycles. The summed E-state index contributed by atoms with van der Waals surface area (Å²) in [7, 11) is 0. The summed E-state index contributed by atoms with van der Waals surface area (Å²) in [5.74, 6) is 0. The number of hydrogen-bond acceptors (Lipinski definition) is 0. The zero-order valence-corrected chi connectivity index (χ0v) is 8.76. The van der Waals surface area contributed by atoms with Crippen LogP contribution in [-0.2, 0) is 17.1 Å². The Bertz CT molecular complexity index is 6.00. The summed E-state index contributed by atoms with van der Waals surface area (Å²) in [5.41, 5.74) is 0. The molecule has 0 saturated heterocycles. The average molecular weight is 303 g/mol. The molecule has 4 heavy (non-hydrogen) atoms. The Balaban J connectivity index is 0. The Morgan fingerprint density at radius 3 is 0.750 bits per heavy atom. The molecular formula is H7BiMnO2. The third-order valence-corrected chi connectivity index (χ3v) is 0. The quantitative estimate of drug-likeness (QED) is 0.433. The molecule has 4 heteroatoms. The van der Waals surface area contributed by atoms with Gasteiger partial charge < -0.3 is 11.0 Å². The van der Waals surface area contributed by atoms with Crippen LogP contribution in [0.4, 0.5) is 0 Å². The van der Waals surface area contributed by atoms with Crippen molar-refractivity contribution in [3.8, 4) is 0 Å². The van der Waals surface area contributed by atoms with Crippen LogP contribution in [0.15, 0.2) is 0 Å². The molecule has 0 unspecified atom stereocenters. The van der Waals surface area contributed by atoms with Gasteiger partial charge in [-0.3, -0.25) is 0 Å². The first kappa shape index (κ1) is 56.9. The Labute approximate surface area is 54.2 Å². The second-order valence-corrected chi connectivity index (χ2v) is 0. The van der Waals surface area contributed by atoms with E-state index in [1.54, 1.807) is 0 Å². The molecule has 0 aliphatic carbocycles. The van der Waals surface area contributed by atoms with Crippen molar-refractivity contribution in [2.24, 2.45) is 0 Å². The zero-order chi connectivity index (χ0) is 0. The largest absolute Gasteiger partial charge is 0 e. The molecule has 0 spiro atoms. The van der Waals surface area contributed by atoms with Crippen molar-refractivity contribution in [1.82, 2.24) is 0 Å². The summed E-state index contributed by atoms with van der Waals surface area (Å²) in [6.45, 7) is 0. The molecule has 2 nitrogen and oxygen atoms in total. The van der Waals surface area contributed by atoms with E-state index in [9.17, 15) is 0 Å². The molecule has 0 amide bonds. The van der Waals surface area contributed by atoms with Gasteiger partial charge in [0.15, 0.2) is 0 Å². The van der Waals surface area contributed by atoms with E-state index >= 15 is 0 Å². The SMILES string of the molecule is O.O.[BiH3].[Mn]. The van der Waals surface area contributed by atoms with Crippen LogP contribution in [0.3, 0.4) is 0 Å². The molecule has 0 atom stereocenters. The third-order valence-electron chi connectivity index (χ3n) is 0. The van der Waals surface area contributed by atoms with Gasteiger partial charge in [-0.25, -0.2) is 0 Å². The fourth-order valence-corrected chi connectivity index (χ4v) is 0. The van der Waals surface area contributed by atoms with E-state index < -0.39 is 0 Å². The number of hydrogen-bond donors (Lipinski definition) is 0. The molecule has 0 aromatic carbocycles. The minimum atomic E-state index is 0. The summed E-state index contributed by atoms with van der Waals surface area (Å²) in [5, 5.41) is 0. The van der Waals surface area contributed by atoms with Crippen LogP contribution in [0.5, 0.6) is 0 Å². The Morgan fingerprint density at radius 2 is 0.750 bits per heavy atom. The van der Waals surface area contributed by atoms with Gasteiger partial charge in [0.1, 0.15) is 0 Å². The maximum atomic E-state index is 0. The van der Waals surface area contributed by atoms with Gasteiger partial charge in [-0.15, -0.1) is 0 Å². The normalized spacial score (nSPS) is 0. The summed E-state index contributed by atoms with van der Waals surface area (Å²) in [4.78, 5) is 0. The van der Waals surface area contributed by atoms with Gasteiger partial charge in [0.25, 0.3) is 0 Å². The monoisotopic (exact) mass is 303 g/mol. The van der Waals surface area contributed by atoms with Gasteiger partial charge in [0.2, 0.25) is 0 Å². The number of rotatable bonds is 0. The van der Waals surface area contributed by atoms with E-state index in [0.29, 0.717) is 0 Å². The maximum absolute atomic E-state index is 0. The molecular weight excluding hydrogens is 296 g/mol. The van der Waals surface area contributed by atoms with Gasteiger partial charge in [-0.1, -0.05) is 0 Å². The van der Waals surface area contributed by atoms with E-state index in [0.717, 1.165) is 0 Å². The van der Waals surface area contributed by atoms with Crippen molar-refractivity contribution in [2.45, 2.75) is 0 Å². The van der Waals surface area contributed by atoms with Crippen LogP contribution < -0.4 is 0 Å². The zero-order valence-electron chi connectivity index (χ0n) is 2.09. The molecule has 1 radical (unpaired) electrons. The van der Waals surface area contributed by atoms with Gasteiger partial charge in [0, 0.05) is 17.1 Å². The van der Waals surface area contributed by atoms with Gasteiger partial charge in [0.05, 0.1) is 0 Å². The first-order chi connectivity index (χ1) is 0. The van der Waals surface area contributed by atoms with Crippen LogP contribution >= 0.6 is 0 Å². The second-order valence-electron chi connectivity index (χ2n) is 0. The van der Waals surface area contributed by atoms with Crippen molar-refractivity contribution in [1.29, 1.82) is 0 Å². The van der Waals surface area contributed by atoms with Gasteiger partial charge in [-0.05, 0) is 0 Å². The molecule has 0 aliphatic rings. The van der Waals surface area contributed by atoms with Crippen LogP contribution in [0.25, 0.3) is 0 Å². The van der Waals surface area contributed by atoms with Crippen LogP contribution in [0, 0.1) is 0 Å². The van der Waals surface area contributed by atoms with E-state index in [1.807, 2.05) is 0 Å². The van der Waals surface area contributed by atoms with E-state index in [2.05, 4.69) is 0 Å². The maximum Gasteiger partial charge on any atom is 0 e. The van der Waals surface area contributed by atoms with Crippen molar-refractivity contribution >= 4 is 26.2 Å². The Hall–Kier alpha value is 1.32. The fraction of sp³-hybridized carbons (Fsp3) is 0. The van der Waals surface area contributed by atoms with Gasteiger partial charge in [-0.2, -0.15) is 0 Å². The van der Waals surface area contributed by atoms with Crippen LogP contribution in [-0.4, -0.2) is 37.2 Å². The topological polar surface area (TPSA) is 63.0 Å². The molecule has 0 aromatic heterocycles. The van der Waals surface area contributed by atoms with E-state index in [4.69, 9.17) is 0 Å². The predicted molar refractivity (Wildman–Crippen MR) is 17.2 cm³/mol. The Morgan fingerprint density at radius 1 is 0.750 bits per heavy atom. The first-order valence-electron chi connectivity index (χ1n) is 0. The van der Waals surface area contributed by atoms with E-state index in [1.165, 1.54) is 0 Å². The van der Waals surface area contributed by atoms with Crippen molar-refractivity contribution < 1.29 is 28.0 Å². The van der Waals surface area contributed by atoms with E-state index in [-0.39, 0.29) is 54.2 Å². The molecule has 4 N–H and O–H groups in total. The summed E-state index contributed by atoms with van der Waals surface area (Å²) in [6, 6.07) is 0. The molecule has 0 rings (SSSR count). The molecule has 0 heterocycles. The fourth-order valence-electron chi connectivity index (χ4n) is 0. The molecule has 0 bridgehead atoms. The first-order valence-corrected chi connectivity index (χ1v) is 0. The van der Waals surface area contributed by atoms with Crippen molar-refractivity contribution in [3.05, 3.63) is 0 Å². The van der Waals surface area contributed by atoms with Gasteiger partial charge >= 0.3 is 26.2 Å². The molecule has 31 valence electrons. The molecule has 0 fully saturated rings. The summed E-state index contributed by atoms with van der Waals surface area (Å²) < 4.78 is 0. The smallest absolute Gasteiger partial charge is 0 e. The average Bonchev–Trinajstić information content (AvgIpc) is 0. The standard InChI is InChI=1S/Bi.Mn.2H2O.3H/h;;2*1H2;;;. The third kappa shape index (κ3) is 10.2. The minimum Gasteiger partial charge on any atom is 0 e.